The highest BCUT2D eigenvalue weighted by Crippen LogP contribution is 2.72. The van der Waals surface area contributed by atoms with Gasteiger partial charge in [0.1, 0.15) is 6.04 Å². The Morgan fingerprint density at radius 3 is 2.49 bits per heavy atom. The zero-order valence-electron chi connectivity index (χ0n) is 25.2. The first-order chi connectivity index (χ1) is 19.5. The van der Waals surface area contributed by atoms with Crippen molar-refractivity contribution in [2.45, 2.75) is 88.3 Å². The van der Waals surface area contributed by atoms with Crippen molar-refractivity contribution in [1.82, 2.24) is 4.90 Å². The van der Waals surface area contributed by atoms with Crippen molar-refractivity contribution in [2.75, 3.05) is 24.7 Å². The molecule has 2 unspecified atom stereocenters. The summed E-state index contributed by atoms with van der Waals surface area (Å²) in [5.41, 5.74) is 2.74. The van der Waals surface area contributed by atoms with Crippen LogP contribution in [0, 0.1) is 31.6 Å². The number of ether oxygens (including phenoxy) is 1. The van der Waals surface area contributed by atoms with Gasteiger partial charge in [-0.25, -0.2) is 0 Å². The predicted octanol–water partition coefficient (Wildman–Crippen LogP) is 5.22. The standard InChI is InChI=1S/C33H46N2O5S/c1-8-10-11-18-40-31(39)26-25-29(37)35(24(20-36)19-21(3)4)28(33(25)16-15-32(26,7)41-33)30(38)34(17-9-2)27-22(5)13-12-14-23(27)6/h8-9,12-14,21,24-26,28,36H,1-2,10-11,15-20H2,3-7H3/t24-,25+,26-,28?,32+,33?/m1/s1. The second kappa shape index (κ2) is 12.3. The fourth-order valence-electron chi connectivity index (χ4n) is 7.50. The Morgan fingerprint density at radius 1 is 1.22 bits per heavy atom. The molecule has 1 aromatic carbocycles. The quantitative estimate of drug-likeness (QED) is 0.195. The van der Waals surface area contributed by atoms with Crippen molar-refractivity contribution in [3.05, 3.63) is 54.6 Å². The summed E-state index contributed by atoms with van der Waals surface area (Å²) in [6, 6.07) is 4.58. The third-order valence-corrected chi connectivity index (χ3v) is 11.1. The number of likely N-dealkylation sites (tertiary alicyclic amines) is 1. The smallest absolute Gasteiger partial charge is 0.311 e. The minimum absolute atomic E-state index is 0.183. The molecule has 3 saturated heterocycles. The molecule has 41 heavy (non-hydrogen) atoms. The number of aliphatic hydroxyl groups excluding tert-OH is 1. The van der Waals surface area contributed by atoms with Gasteiger partial charge in [0, 0.05) is 17.0 Å². The van der Waals surface area contributed by atoms with Gasteiger partial charge in [-0.2, -0.15) is 0 Å². The Labute approximate surface area is 249 Å². The zero-order chi connectivity index (χ0) is 30.1. The van der Waals surface area contributed by atoms with Crippen molar-refractivity contribution in [1.29, 1.82) is 0 Å². The van der Waals surface area contributed by atoms with Crippen LogP contribution in [-0.2, 0) is 19.1 Å². The number of carbonyl (C=O) groups is 3. The van der Waals surface area contributed by atoms with Gasteiger partial charge in [0.15, 0.2) is 0 Å². The molecule has 8 heteroatoms. The van der Waals surface area contributed by atoms with E-state index in [9.17, 15) is 19.5 Å². The van der Waals surface area contributed by atoms with Crippen LogP contribution < -0.4 is 4.90 Å². The number of allylic oxidation sites excluding steroid dienone is 1. The number of amides is 2. The van der Waals surface area contributed by atoms with Crippen LogP contribution in [0.5, 0.6) is 0 Å². The van der Waals surface area contributed by atoms with E-state index in [1.54, 1.807) is 33.7 Å². The Morgan fingerprint density at radius 2 is 1.90 bits per heavy atom. The third-order valence-electron chi connectivity index (χ3n) is 9.13. The molecular formula is C33H46N2O5S. The van der Waals surface area contributed by atoms with E-state index in [0.29, 0.717) is 25.7 Å². The molecule has 7 nitrogen and oxygen atoms in total. The number of benzene rings is 1. The van der Waals surface area contributed by atoms with Crippen LogP contribution in [0.2, 0.25) is 0 Å². The van der Waals surface area contributed by atoms with E-state index in [0.717, 1.165) is 23.2 Å². The van der Waals surface area contributed by atoms with E-state index in [4.69, 9.17) is 4.74 Å². The van der Waals surface area contributed by atoms with Gasteiger partial charge in [0.05, 0.1) is 35.8 Å². The van der Waals surface area contributed by atoms with Crippen molar-refractivity contribution < 1.29 is 24.2 Å². The second-order valence-electron chi connectivity index (χ2n) is 12.5. The lowest BCUT2D eigenvalue weighted by molar-refractivity contribution is -0.156. The van der Waals surface area contributed by atoms with E-state index in [2.05, 4.69) is 13.2 Å². The predicted molar refractivity (Wildman–Crippen MR) is 165 cm³/mol. The maximum Gasteiger partial charge on any atom is 0.311 e. The van der Waals surface area contributed by atoms with Gasteiger partial charge in [0.25, 0.3) is 5.91 Å². The van der Waals surface area contributed by atoms with Gasteiger partial charge in [-0.15, -0.1) is 24.9 Å². The van der Waals surface area contributed by atoms with Gasteiger partial charge in [0.2, 0.25) is 5.91 Å². The van der Waals surface area contributed by atoms with Crippen LogP contribution >= 0.6 is 11.8 Å². The highest BCUT2D eigenvalue weighted by Gasteiger charge is 2.78. The topological polar surface area (TPSA) is 87.1 Å². The summed E-state index contributed by atoms with van der Waals surface area (Å²) in [5.74, 6) is -1.90. The van der Waals surface area contributed by atoms with E-state index in [1.165, 1.54) is 0 Å². The molecule has 0 radical (unpaired) electrons. The van der Waals surface area contributed by atoms with Crippen molar-refractivity contribution in [3.63, 3.8) is 0 Å². The summed E-state index contributed by atoms with van der Waals surface area (Å²) in [5, 5.41) is 10.6. The largest absolute Gasteiger partial charge is 0.465 e. The molecule has 3 aliphatic rings. The fraction of sp³-hybridized carbons (Fsp3) is 0.606. The number of carbonyl (C=O) groups excluding carboxylic acids is 3. The summed E-state index contributed by atoms with van der Waals surface area (Å²) in [6.07, 6.45) is 6.83. The van der Waals surface area contributed by atoms with Crippen LogP contribution in [0.1, 0.15) is 64.0 Å². The number of hydrogen-bond donors (Lipinski definition) is 1. The molecular weight excluding hydrogens is 536 g/mol. The molecule has 3 fully saturated rings. The van der Waals surface area contributed by atoms with Gasteiger partial charge < -0.3 is 19.6 Å². The molecule has 3 heterocycles. The molecule has 2 bridgehead atoms. The number of para-hydroxylation sites is 1. The first kappa shape index (κ1) is 31.4. The van der Waals surface area contributed by atoms with Crippen molar-refractivity contribution in [2.24, 2.45) is 17.8 Å². The number of rotatable bonds is 13. The number of esters is 1. The number of thioether (sulfide) groups is 1. The van der Waals surface area contributed by atoms with Crippen molar-refractivity contribution >= 4 is 35.2 Å². The molecule has 1 N–H and O–H groups in total. The number of hydrogen-bond acceptors (Lipinski definition) is 6. The fourth-order valence-corrected chi connectivity index (χ4v) is 9.83. The number of aliphatic hydroxyl groups is 1. The summed E-state index contributed by atoms with van der Waals surface area (Å²) in [6.45, 7) is 18.1. The molecule has 4 rings (SSSR count). The zero-order valence-corrected chi connectivity index (χ0v) is 26.0. The number of anilines is 1. The highest BCUT2D eigenvalue weighted by molar-refractivity contribution is 8.02. The summed E-state index contributed by atoms with van der Waals surface area (Å²) in [4.78, 5) is 46.5. The summed E-state index contributed by atoms with van der Waals surface area (Å²) in [7, 11) is 0. The van der Waals surface area contributed by atoms with Gasteiger partial charge in [-0.3, -0.25) is 14.4 Å². The molecule has 0 aromatic heterocycles. The Bertz CT molecular complexity index is 1180. The lowest BCUT2D eigenvalue weighted by atomic mass is 9.66. The lowest BCUT2D eigenvalue weighted by Gasteiger charge is -2.40. The molecule has 1 spiro atoms. The minimum atomic E-state index is -0.819. The molecule has 224 valence electrons. The second-order valence-corrected chi connectivity index (χ2v) is 14.4. The van der Waals surface area contributed by atoms with Crippen LogP contribution in [0.15, 0.2) is 43.5 Å². The first-order valence-corrected chi connectivity index (χ1v) is 15.7. The van der Waals surface area contributed by atoms with Crippen LogP contribution in [-0.4, -0.2) is 69.1 Å². The van der Waals surface area contributed by atoms with E-state index in [1.807, 2.05) is 52.8 Å². The summed E-state index contributed by atoms with van der Waals surface area (Å²) >= 11 is 1.63. The average molecular weight is 583 g/mol. The number of fused-ring (bicyclic) bond motifs is 1. The minimum Gasteiger partial charge on any atom is -0.465 e. The lowest BCUT2D eigenvalue weighted by Crippen LogP contribution is -2.58. The van der Waals surface area contributed by atoms with Crippen molar-refractivity contribution in [3.8, 4) is 0 Å². The maximum absolute atomic E-state index is 14.9. The molecule has 6 atom stereocenters. The monoisotopic (exact) mass is 582 g/mol. The Balaban J connectivity index is 1.82. The molecule has 2 amide bonds. The normalized spacial score (nSPS) is 29.0. The first-order valence-electron chi connectivity index (χ1n) is 14.9. The van der Waals surface area contributed by atoms with Gasteiger partial charge >= 0.3 is 5.97 Å². The molecule has 3 aliphatic heterocycles. The summed E-state index contributed by atoms with van der Waals surface area (Å²) < 4.78 is 4.45. The van der Waals surface area contributed by atoms with Crippen LogP contribution in [0.4, 0.5) is 5.69 Å². The van der Waals surface area contributed by atoms with Gasteiger partial charge in [-0.05, 0) is 69.9 Å². The van der Waals surface area contributed by atoms with Crippen LogP contribution in [0.3, 0.4) is 0 Å². The molecule has 0 saturated carbocycles. The third kappa shape index (κ3) is 5.38. The SMILES string of the molecule is C=CCCCOC(=O)[C@H]1[C@H]2C(=O)N([C@@H](CO)CC(C)C)C(C(=O)N(CC=C)c3c(C)cccc3C)C23CC[C@]1(C)S3. The number of nitrogens with zero attached hydrogens (tertiary/aromatic N) is 2. The average Bonchev–Trinajstić information content (AvgIpc) is 3.49. The van der Waals surface area contributed by atoms with Gasteiger partial charge in [-0.1, -0.05) is 44.2 Å². The Hall–Kier alpha value is -2.58. The highest BCUT2D eigenvalue weighted by atomic mass is 32.2. The maximum atomic E-state index is 14.9. The van der Waals surface area contributed by atoms with E-state index >= 15 is 0 Å². The number of aryl methyl sites for hydroxylation is 2. The molecule has 1 aromatic rings. The van der Waals surface area contributed by atoms with Crippen LogP contribution in [0.25, 0.3) is 0 Å². The molecule has 0 aliphatic carbocycles. The Kier molecular flexibility index (Phi) is 9.44. The van der Waals surface area contributed by atoms with E-state index < -0.39 is 33.4 Å². The van der Waals surface area contributed by atoms with E-state index in [-0.39, 0.29) is 43.5 Å². The number of unbranched alkanes of at least 4 members (excludes halogenated alkanes) is 1.